The molecule has 1 aliphatic rings. The number of rotatable bonds is 4. The second kappa shape index (κ2) is 8.20. The van der Waals surface area contributed by atoms with Gasteiger partial charge in [-0.2, -0.15) is 5.26 Å². The van der Waals surface area contributed by atoms with Crippen LogP contribution in [0.3, 0.4) is 0 Å². The Bertz CT molecular complexity index is 1070. The molecule has 3 N–H and O–H groups in total. The van der Waals surface area contributed by atoms with Gasteiger partial charge < -0.3 is 15.8 Å². The van der Waals surface area contributed by atoms with Crippen molar-refractivity contribution in [3.05, 3.63) is 58.1 Å². The molecule has 0 unspecified atom stereocenters. The van der Waals surface area contributed by atoms with E-state index in [2.05, 4.69) is 15.3 Å². The number of benzene rings is 1. The fraction of sp³-hybridized carbons (Fsp3) is 0.263. The van der Waals surface area contributed by atoms with E-state index in [4.69, 9.17) is 27.3 Å². The number of alkyl halides is 2. The van der Waals surface area contributed by atoms with Gasteiger partial charge in [-0.1, -0.05) is 11.6 Å². The summed E-state index contributed by atoms with van der Waals surface area (Å²) in [4.78, 5) is 20.2. The van der Waals surface area contributed by atoms with Gasteiger partial charge in [0.05, 0.1) is 10.6 Å². The number of aliphatic imine (C=N–C) groups is 1. The van der Waals surface area contributed by atoms with Crippen molar-refractivity contribution in [2.24, 2.45) is 10.7 Å². The zero-order chi connectivity index (χ0) is 22.1. The van der Waals surface area contributed by atoms with Crippen molar-refractivity contribution in [1.82, 2.24) is 4.98 Å². The Morgan fingerprint density at radius 3 is 2.83 bits per heavy atom. The SMILES string of the molecule is C[C@]1(c2cc(NC(=O)c3ncc(C#N)cc3Cl)ccc2F)N=C(N)O[C@H](CF)[C@@H]1F. The standard InChI is InChI=1S/C19H15ClF3N5O2/c1-19(16(23)14(6-21)30-18(25)28-19)11-5-10(2-3-13(11)22)27-17(29)15-12(20)4-9(7-24)8-26-15/h2-5,8,14,16H,6H2,1H3,(H2,25,28)(H,27,29)/t14-,16+,19-/m1/s1. The van der Waals surface area contributed by atoms with Crippen LogP contribution in [-0.4, -0.2) is 35.9 Å². The summed E-state index contributed by atoms with van der Waals surface area (Å²) in [6.45, 7) is 0.0621. The topological polar surface area (TPSA) is 113 Å². The summed E-state index contributed by atoms with van der Waals surface area (Å²) in [6.07, 6.45) is -2.42. The number of nitrogens with zero attached hydrogens (tertiary/aromatic N) is 3. The maximum absolute atomic E-state index is 14.9. The third kappa shape index (κ3) is 3.89. The predicted octanol–water partition coefficient (Wildman–Crippen LogP) is 3.23. The van der Waals surface area contributed by atoms with Crippen molar-refractivity contribution in [2.75, 3.05) is 12.0 Å². The highest BCUT2D eigenvalue weighted by molar-refractivity contribution is 6.34. The maximum Gasteiger partial charge on any atom is 0.283 e. The first-order valence-electron chi connectivity index (χ1n) is 8.58. The number of anilines is 1. The quantitative estimate of drug-likeness (QED) is 0.762. The summed E-state index contributed by atoms with van der Waals surface area (Å²) >= 11 is 5.97. The highest BCUT2D eigenvalue weighted by atomic mass is 35.5. The lowest BCUT2D eigenvalue weighted by atomic mass is 9.84. The van der Waals surface area contributed by atoms with E-state index in [0.29, 0.717) is 0 Å². The van der Waals surface area contributed by atoms with Crippen molar-refractivity contribution in [3.8, 4) is 6.07 Å². The molecule has 11 heteroatoms. The lowest BCUT2D eigenvalue weighted by Gasteiger charge is -2.37. The number of hydrogen-bond acceptors (Lipinski definition) is 6. The molecule has 0 saturated carbocycles. The zero-order valence-electron chi connectivity index (χ0n) is 15.5. The van der Waals surface area contributed by atoms with E-state index >= 15 is 0 Å². The minimum atomic E-state index is -2.04. The van der Waals surface area contributed by atoms with Crippen LogP contribution in [-0.2, 0) is 10.3 Å². The van der Waals surface area contributed by atoms with Crippen LogP contribution in [0.15, 0.2) is 35.5 Å². The Morgan fingerprint density at radius 2 is 2.20 bits per heavy atom. The molecule has 0 fully saturated rings. The van der Waals surface area contributed by atoms with E-state index in [0.717, 1.165) is 12.1 Å². The molecule has 0 bridgehead atoms. The van der Waals surface area contributed by atoms with Crippen LogP contribution in [0.4, 0.5) is 18.9 Å². The Morgan fingerprint density at radius 1 is 1.47 bits per heavy atom. The lowest BCUT2D eigenvalue weighted by Crippen LogP contribution is -2.50. The number of carbonyl (C=O) groups is 1. The summed E-state index contributed by atoms with van der Waals surface area (Å²) in [7, 11) is 0. The van der Waals surface area contributed by atoms with Gasteiger partial charge in [0, 0.05) is 17.4 Å². The average Bonchev–Trinajstić information content (AvgIpc) is 2.71. The number of amidine groups is 1. The Hall–Kier alpha value is -3.32. The number of halogens is 4. The molecule has 1 amide bonds. The van der Waals surface area contributed by atoms with E-state index in [-0.39, 0.29) is 27.5 Å². The van der Waals surface area contributed by atoms with E-state index in [1.807, 2.05) is 6.07 Å². The summed E-state index contributed by atoms with van der Waals surface area (Å²) in [6, 6.07) is 6.04. The Labute approximate surface area is 174 Å². The van der Waals surface area contributed by atoms with Crippen LogP contribution in [0.1, 0.15) is 28.5 Å². The van der Waals surface area contributed by atoms with Gasteiger partial charge in [0.15, 0.2) is 12.3 Å². The smallest absolute Gasteiger partial charge is 0.283 e. The highest BCUT2D eigenvalue weighted by Gasteiger charge is 2.48. The molecule has 1 aromatic carbocycles. The first kappa shape index (κ1) is 21.4. The highest BCUT2D eigenvalue weighted by Crippen LogP contribution is 2.39. The van der Waals surface area contributed by atoms with Crippen LogP contribution in [0.5, 0.6) is 0 Å². The molecule has 1 aromatic heterocycles. The number of aromatic nitrogens is 1. The largest absolute Gasteiger partial charge is 0.456 e. The van der Waals surface area contributed by atoms with E-state index < -0.39 is 42.2 Å². The predicted molar refractivity (Wildman–Crippen MR) is 103 cm³/mol. The van der Waals surface area contributed by atoms with E-state index in [9.17, 15) is 18.0 Å². The van der Waals surface area contributed by atoms with Crippen molar-refractivity contribution < 1.29 is 22.7 Å². The molecular weight excluding hydrogens is 423 g/mol. The summed E-state index contributed by atoms with van der Waals surface area (Å²) in [5.41, 5.74) is 3.47. The Balaban J connectivity index is 1.95. The molecule has 0 radical (unpaired) electrons. The monoisotopic (exact) mass is 437 g/mol. The zero-order valence-corrected chi connectivity index (χ0v) is 16.3. The van der Waals surface area contributed by atoms with Crippen LogP contribution in [0, 0.1) is 17.1 Å². The molecule has 7 nitrogen and oxygen atoms in total. The molecule has 0 saturated heterocycles. The number of hydrogen-bond donors (Lipinski definition) is 2. The molecule has 2 heterocycles. The van der Waals surface area contributed by atoms with Crippen molar-refractivity contribution in [3.63, 3.8) is 0 Å². The first-order chi connectivity index (χ1) is 14.2. The van der Waals surface area contributed by atoms with Gasteiger partial charge in [-0.25, -0.2) is 23.1 Å². The average molecular weight is 438 g/mol. The van der Waals surface area contributed by atoms with Crippen LogP contribution in [0.2, 0.25) is 5.02 Å². The molecule has 3 rings (SSSR count). The van der Waals surface area contributed by atoms with Gasteiger partial charge >= 0.3 is 0 Å². The summed E-state index contributed by atoms with van der Waals surface area (Å²) in [5.74, 6) is -1.57. The molecule has 156 valence electrons. The number of nitrogens with one attached hydrogen (secondary N) is 1. The second-order valence-electron chi connectivity index (χ2n) is 6.62. The fourth-order valence-corrected chi connectivity index (χ4v) is 3.31. The number of pyridine rings is 1. The number of nitrogens with two attached hydrogens (primary N) is 1. The molecule has 2 aromatic rings. The van der Waals surface area contributed by atoms with Gasteiger partial charge in [0.2, 0.25) is 0 Å². The lowest BCUT2D eigenvalue weighted by molar-refractivity contribution is 0.00453. The summed E-state index contributed by atoms with van der Waals surface area (Å²) in [5, 5.41) is 11.3. The Kier molecular flexibility index (Phi) is 5.85. The van der Waals surface area contributed by atoms with Crippen molar-refractivity contribution in [1.29, 1.82) is 5.26 Å². The van der Waals surface area contributed by atoms with Crippen molar-refractivity contribution >= 4 is 29.2 Å². The van der Waals surface area contributed by atoms with Gasteiger partial charge in [-0.15, -0.1) is 0 Å². The molecule has 1 aliphatic heterocycles. The second-order valence-corrected chi connectivity index (χ2v) is 7.03. The van der Waals surface area contributed by atoms with Crippen LogP contribution in [0.25, 0.3) is 0 Å². The third-order valence-electron chi connectivity index (χ3n) is 4.58. The van der Waals surface area contributed by atoms with Crippen LogP contribution >= 0.6 is 11.6 Å². The van der Waals surface area contributed by atoms with Crippen molar-refractivity contribution in [2.45, 2.75) is 24.7 Å². The number of amides is 1. The number of carbonyl (C=O) groups excluding carboxylic acids is 1. The molecule has 0 aliphatic carbocycles. The van der Waals surface area contributed by atoms with Gasteiger partial charge in [0.1, 0.15) is 29.8 Å². The number of ether oxygens (including phenoxy) is 1. The first-order valence-corrected chi connectivity index (χ1v) is 8.96. The third-order valence-corrected chi connectivity index (χ3v) is 4.87. The maximum atomic E-state index is 14.9. The molecule has 0 spiro atoms. The molecule has 30 heavy (non-hydrogen) atoms. The van der Waals surface area contributed by atoms with Crippen LogP contribution < -0.4 is 11.1 Å². The number of nitriles is 1. The normalized spacial score (nSPS) is 23.1. The van der Waals surface area contributed by atoms with Gasteiger partial charge in [-0.05, 0) is 31.2 Å². The van der Waals surface area contributed by atoms with E-state index in [1.165, 1.54) is 25.3 Å². The van der Waals surface area contributed by atoms with E-state index in [1.54, 1.807) is 0 Å². The fourth-order valence-electron chi connectivity index (χ4n) is 3.06. The minimum Gasteiger partial charge on any atom is -0.456 e. The molecular formula is C19H15ClF3N5O2. The molecule has 3 atom stereocenters. The summed E-state index contributed by atoms with van der Waals surface area (Å²) < 4.78 is 47.4. The van der Waals surface area contributed by atoms with Gasteiger partial charge in [0.25, 0.3) is 11.9 Å². The van der Waals surface area contributed by atoms with Gasteiger partial charge in [-0.3, -0.25) is 4.79 Å². The minimum absolute atomic E-state index is 0.0581.